The summed E-state index contributed by atoms with van der Waals surface area (Å²) in [6.07, 6.45) is 0. The first kappa shape index (κ1) is 17.4. The van der Waals surface area contributed by atoms with Gasteiger partial charge in [-0.3, -0.25) is 10.1 Å². The molecule has 8 heteroatoms. The molecule has 0 bridgehead atoms. The predicted octanol–water partition coefficient (Wildman–Crippen LogP) is 0.0945. The first-order chi connectivity index (χ1) is 12.0. The maximum absolute atomic E-state index is 11.4. The highest BCUT2D eigenvalue weighted by Crippen LogP contribution is 2.29. The second-order valence-corrected chi connectivity index (χ2v) is 6.48. The van der Waals surface area contributed by atoms with Gasteiger partial charge in [0, 0.05) is 17.4 Å². The Morgan fingerprint density at radius 2 is 2.00 bits per heavy atom. The fourth-order valence-electron chi connectivity index (χ4n) is 3.39. The van der Waals surface area contributed by atoms with Crippen molar-refractivity contribution in [2.24, 2.45) is 0 Å². The molecule has 3 rings (SSSR count). The number of nitrogens with zero attached hydrogens (tertiary/aromatic N) is 4. The number of rotatable bonds is 5. The van der Waals surface area contributed by atoms with Crippen LogP contribution in [0.1, 0.15) is 11.4 Å². The summed E-state index contributed by atoms with van der Waals surface area (Å²) in [5.74, 6) is 0. The summed E-state index contributed by atoms with van der Waals surface area (Å²) in [5, 5.41) is 24.9. The summed E-state index contributed by atoms with van der Waals surface area (Å²) in [7, 11) is 0. The van der Waals surface area contributed by atoms with E-state index >= 15 is 0 Å². The van der Waals surface area contributed by atoms with Crippen molar-refractivity contribution in [2.75, 3.05) is 44.2 Å². The van der Waals surface area contributed by atoms with Gasteiger partial charge in [-0.05, 0) is 32.0 Å². The average Bonchev–Trinajstić information content (AvgIpc) is 2.93. The Morgan fingerprint density at radius 3 is 2.56 bits per heavy atom. The standard InChI is InChI=1S/C17H23N5O3/c1-13-11-14(2)21(18-13)17-12-15(3-4-16(17)22(24)25)20-7-5-19(6-8-20)9-10-23/h3-4,11-12,23H,5-10H2,1-2H3/p+1. The van der Waals surface area contributed by atoms with E-state index in [0.717, 1.165) is 49.8 Å². The number of quaternary nitrogens is 1. The molecule has 0 spiro atoms. The first-order valence-electron chi connectivity index (χ1n) is 8.51. The lowest BCUT2D eigenvalue weighted by molar-refractivity contribution is -0.900. The van der Waals surface area contributed by atoms with E-state index in [1.807, 2.05) is 32.0 Å². The van der Waals surface area contributed by atoms with E-state index in [1.54, 1.807) is 10.7 Å². The number of aromatic nitrogens is 2. The molecule has 1 aromatic heterocycles. The molecule has 0 radical (unpaired) electrons. The molecule has 0 aliphatic carbocycles. The molecule has 2 aromatic rings. The Hall–Kier alpha value is -2.45. The molecular weight excluding hydrogens is 322 g/mol. The van der Waals surface area contributed by atoms with Crippen LogP contribution in [0.25, 0.3) is 5.69 Å². The lowest BCUT2D eigenvalue weighted by Gasteiger charge is -2.33. The lowest BCUT2D eigenvalue weighted by Crippen LogP contribution is -3.15. The van der Waals surface area contributed by atoms with Crippen LogP contribution in [-0.4, -0.2) is 59.1 Å². The fraction of sp³-hybridized carbons (Fsp3) is 0.471. The van der Waals surface area contributed by atoms with Gasteiger partial charge in [0.25, 0.3) is 5.69 Å². The van der Waals surface area contributed by atoms with Gasteiger partial charge in [-0.1, -0.05) is 0 Å². The molecular formula is C17H24N5O3+. The van der Waals surface area contributed by atoms with Crippen molar-refractivity contribution in [2.45, 2.75) is 13.8 Å². The van der Waals surface area contributed by atoms with E-state index in [4.69, 9.17) is 5.11 Å². The van der Waals surface area contributed by atoms with Gasteiger partial charge in [0.15, 0.2) is 0 Å². The van der Waals surface area contributed by atoms with Crippen LogP contribution in [0.3, 0.4) is 0 Å². The van der Waals surface area contributed by atoms with Crippen molar-refractivity contribution in [3.63, 3.8) is 0 Å². The highest BCUT2D eigenvalue weighted by Gasteiger charge is 2.23. The molecule has 2 heterocycles. The first-order valence-corrected chi connectivity index (χ1v) is 8.51. The van der Waals surface area contributed by atoms with Crippen LogP contribution in [0.2, 0.25) is 0 Å². The summed E-state index contributed by atoms with van der Waals surface area (Å²) < 4.78 is 1.64. The summed E-state index contributed by atoms with van der Waals surface area (Å²) in [5.41, 5.74) is 3.22. The minimum Gasteiger partial charge on any atom is -0.391 e. The SMILES string of the molecule is Cc1cc(C)n(-c2cc(N3CC[NH+](CCO)CC3)ccc2[N+](=O)[O-])n1. The molecule has 0 amide bonds. The van der Waals surface area contributed by atoms with E-state index < -0.39 is 0 Å². The molecule has 134 valence electrons. The van der Waals surface area contributed by atoms with Crippen LogP contribution in [-0.2, 0) is 0 Å². The van der Waals surface area contributed by atoms with Crippen LogP contribution in [0, 0.1) is 24.0 Å². The van der Waals surface area contributed by atoms with Crippen LogP contribution in [0.15, 0.2) is 24.3 Å². The number of nitro groups is 1. The molecule has 25 heavy (non-hydrogen) atoms. The van der Waals surface area contributed by atoms with Crippen LogP contribution in [0.5, 0.6) is 0 Å². The quantitative estimate of drug-likeness (QED) is 0.592. The molecule has 8 nitrogen and oxygen atoms in total. The molecule has 1 aromatic carbocycles. The number of aliphatic hydroxyl groups is 1. The second-order valence-electron chi connectivity index (χ2n) is 6.48. The minimum absolute atomic E-state index is 0.0551. The number of aliphatic hydroxyl groups excluding tert-OH is 1. The normalized spacial score (nSPS) is 15.6. The Kier molecular flexibility index (Phi) is 5.00. The van der Waals surface area contributed by atoms with Gasteiger partial charge >= 0.3 is 0 Å². The van der Waals surface area contributed by atoms with Crippen molar-refractivity contribution >= 4 is 11.4 Å². The third kappa shape index (κ3) is 3.64. The number of nitro benzene ring substituents is 1. The number of hydrogen-bond donors (Lipinski definition) is 2. The highest BCUT2D eigenvalue weighted by atomic mass is 16.6. The van der Waals surface area contributed by atoms with Crippen LogP contribution < -0.4 is 9.80 Å². The number of anilines is 1. The van der Waals surface area contributed by atoms with Gasteiger partial charge in [-0.2, -0.15) is 5.10 Å². The number of aryl methyl sites for hydroxylation is 2. The van der Waals surface area contributed by atoms with E-state index in [-0.39, 0.29) is 17.2 Å². The van der Waals surface area contributed by atoms with Crippen molar-refractivity contribution in [1.29, 1.82) is 0 Å². The summed E-state index contributed by atoms with van der Waals surface area (Å²) >= 11 is 0. The number of piperazine rings is 1. The van der Waals surface area contributed by atoms with Crippen molar-refractivity contribution in [3.8, 4) is 5.69 Å². The zero-order valence-corrected chi connectivity index (χ0v) is 14.6. The van der Waals surface area contributed by atoms with Crippen molar-refractivity contribution < 1.29 is 14.9 Å². The lowest BCUT2D eigenvalue weighted by atomic mass is 10.2. The Labute approximate surface area is 146 Å². The molecule has 1 aliphatic heterocycles. The molecule has 0 atom stereocenters. The number of hydrogen-bond acceptors (Lipinski definition) is 5. The Bertz CT molecular complexity index is 766. The molecule has 1 aliphatic rings. The van der Waals surface area contributed by atoms with E-state index in [2.05, 4.69) is 10.00 Å². The summed E-state index contributed by atoms with van der Waals surface area (Å²) in [6, 6.07) is 7.14. The molecule has 0 saturated carbocycles. The molecule has 1 fully saturated rings. The summed E-state index contributed by atoms with van der Waals surface area (Å²) in [4.78, 5) is 14.7. The molecule has 0 unspecified atom stereocenters. The van der Waals surface area contributed by atoms with Gasteiger partial charge in [0.05, 0.1) is 43.4 Å². The maximum Gasteiger partial charge on any atom is 0.295 e. The second kappa shape index (κ2) is 7.20. The van der Waals surface area contributed by atoms with Gasteiger partial charge in [-0.25, -0.2) is 4.68 Å². The summed E-state index contributed by atoms with van der Waals surface area (Å²) in [6.45, 7) is 8.38. The van der Waals surface area contributed by atoms with Crippen LogP contribution in [0.4, 0.5) is 11.4 Å². The third-order valence-corrected chi connectivity index (χ3v) is 4.69. The van der Waals surface area contributed by atoms with Crippen molar-refractivity contribution in [1.82, 2.24) is 9.78 Å². The van der Waals surface area contributed by atoms with Gasteiger partial charge in [0.2, 0.25) is 0 Å². The maximum atomic E-state index is 11.4. The van der Waals surface area contributed by atoms with Gasteiger partial charge in [0.1, 0.15) is 12.2 Å². The molecule has 2 N–H and O–H groups in total. The van der Waals surface area contributed by atoms with Crippen LogP contribution >= 0.6 is 0 Å². The molecule has 1 saturated heterocycles. The van der Waals surface area contributed by atoms with E-state index in [0.29, 0.717) is 5.69 Å². The Morgan fingerprint density at radius 1 is 1.28 bits per heavy atom. The smallest absolute Gasteiger partial charge is 0.295 e. The van der Waals surface area contributed by atoms with E-state index in [9.17, 15) is 10.1 Å². The number of nitrogens with one attached hydrogen (secondary N) is 1. The fourth-order valence-corrected chi connectivity index (χ4v) is 3.39. The zero-order chi connectivity index (χ0) is 18.0. The van der Waals surface area contributed by atoms with E-state index in [1.165, 1.54) is 4.90 Å². The topological polar surface area (TPSA) is 88.9 Å². The highest BCUT2D eigenvalue weighted by molar-refractivity contribution is 5.63. The average molecular weight is 346 g/mol. The van der Waals surface area contributed by atoms with Crippen molar-refractivity contribution in [3.05, 3.63) is 45.8 Å². The monoisotopic (exact) mass is 346 g/mol. The van der Waals surface area contributed by atoms with Gasteiger partial charge in [-0.15, -0.1) is 0 Å². The minimum atomic E-state index is -0.362. The Balaban J connectivity index is 1.91. The third-order valence-electron chi connectivity index (χ3n) is 4.69. The van der Waals surface area contributed by atoms with Gasteiger partial charge < -0.3 is 14.9 Å². The number of benzene rings is 1. The zero-order valence-electron chi connectivity index (χ0n) is 14.6. The predicted molar refractivity (Wildman–Crippen MR) is 94.6 cm³/mol. The largest absolute Gasteiger partial charge is 0.391 e.